The van der Waals surface area contributed by atoms with Crippen molar-refractivity contribution in [1.82, 2.24) is 0 Å². The Bertz CT molecular complexity index is 477. The summed E-state index contributed by atoms with van der Waals surface area (Å²) in [4.78, 5) is 11.5. The van der Waals surface area contributed by atoms with Crippen molar-refractivity contribution in [1.29, 1.82) is 0 Å². The van der Waals surface area contributed by atoms with E-state index in [2.05, 4.69) is 0 Å². The number of hydrogen-bond donors (Lipinski definition) is 3. The van der Waals surface area contributed by atoms with E-state index in [0.717, 1.165) is 18.4 Å². The van der Waals surface area contributed by atoms with Crippen LogP contribution in [0.1, 0.15) is 32.6 Å². The molecule has 7 atom stereocenters. The van der Waals surface area contributed by atoms with Crippen molar-refractivity contribution in [2.75, 3.05) is 6.61 Å². The summed E-state index contributed by atoms with van der Waals surface area (Å²) in [6.45, 7) is 1.57. The van der Waals surface area contributed by atoms with Crippen LogP contribution < -0.4 is 0 Å². The van der Waals surface area contributed by atoms with Gasteiger partial charge >= 0.3 is 5.97 Å². The van der Waals surface area contributed by atoms with E-state index in [1.54, 1.807) is 6.08 Å². The summed E-state index contributed by atoms with van der Waals surface area (Å²) in [7, 11) is 0. The van der Waals surface area contributed by atoms with Gasteiger partial charge in [0.15, 0.2) is 6.29 Å². The van der Waals surface area contributed by atoms with Gasteiger partial charge in [-0.3, -0.25) is 0 Å². The second-order valence-corrected chi connectivity index (χ2v) is 6.62. The van der Waals surface area contributed by atoms with Crippen LogP contribution in [-0.2, 0) is 19.0 Å². The standard InChI is InChI=1S/C16H24O7/c1-8-4-14(19)22-12-5-9(2-3-10(8)12)21-15-6-11(18)16(20)13(7-17)23-15/h4,9-13,15-18,20H,2-3,5-7H2,1H3/t9?,10?,11-,12?,13-,15-,16-/m1/s1. The van der Waals surface area contributed by atoms with Crippen LogP contribution in [0.3, 0.4) is 0 Å². The van der Waals surface area contributed by atoms with Crippen LogP contribution in [0.5, 0.6) is 0 Å². The number of hydrogen-bond acceptors (Lipinski definition) is 7. The molecular formula is C16H24O7. The highest BCUT2D eigenvalue weighted by molar-refractivity contribution is 5.84. The molecule has 0 radical (unpaired) electrons. The highest BCUT2D eigenvalue weighted by Crippen LogP contribution is 2.37. The maximum atomic E-state index is 11.5. The Hall–Kier alpha value is -0.990. The average Bonchev–Trinajstić information content (AvgIpc) is 2.50. The average molecular weight is 328 g/mol. The second kappa shape index (κ2) is 6.86. The fourth-order valence-electron chi connectivity index (χ4n) is 3.71. The van der Waals surface area contributed by atoms with Crippen molar-refractivity contribution in [2.24, 2.45) is 5.92 Å². The van der Waals surface area contributed by atoms with Crippen molar-refractivity contribution < 1.29 is 34.3 Å². The Kier molecular flexibility index (Phi) is 5.03. The summed E-state index contributed by atoms with van der Waals surface area (Å²) in [6, 6.07) is 0. The Labute approximate surface area is 134 Å². The molecule has 3 N–H and O–H groups in total. The molecule has 0 aromatic carbocycles. The SMILES string of the molecule is CC1=CC(=O)OC2CC(O[C@H]3C[C@@H](O)[C@@H](O)[C@@H](CO)O3)CCC12. The molecule has 2 aliphatic heterocycles. The van der Waals surface area contributed by atoms with Gasteiger partial charge in [0, 0.05) is 24.8 Å². The zero-order valence-electron chi connectivity index (χ0n) is 13.1. The molecule has 3 aliphatic rings. The first kappa shape index (κ1) is 16.9. The third-order valence-corrected chi connectivity index (χ3v) is 5.00. The number of carbonyl (C=O) groups is 1. The Morgan fingerprint density at radius 2 is 2.09 bits per heavy atom. The number of aliphatic hydroxyl groups is 3. The van der Waals surface area contributed by atoms with Gasteiger partial charge in [0.2, 0.25) is 0 Å². The first-order valence-electron chi connectivity index (χ1n) is 8.14. The summed E-state index contributed by atoms with van der Waals surface area (Å²) in [5.74, 6) is -0.0605. The van der Waals surface area contributed by atoms with Crippen LogP contribution in [0.2, 0.25) is 0 Å². The van der Waals surface area contributed by atoms with Crippen molar-refractivity contribution in [2.45, 2.75) is 69.4 Å². The van der Waals surface area contributed by atoms with E-state index >= 15 is 0 Å². The van der Waals surface area contributed by atoms with Crippen LogP contribution in [-0.4, -0.2) is 64.7 Å². The van der Waals surface area contributed by atoms with Crippen molar-refractivity contribution in [3.05, 3.63) is 11.6 Å². The lowest BCUT2D eigenvalue weighted by molar-refractivity contribution is -0.274. The lowest BCUT2D eigenvalue weighted by atomic mass is 9.79. The molecule has 2 fully saturated rings. The molecule has 1 saturated carbocycles. The van der Waals surface area contributed by atoms with Crippen molar-refractivity contribution >= 4 is 5.97 Å². The molecule has 0 amide bonds. The van der Waals surface area contributed by atoms with Gasteiger partial charge in [0.05, 0.1) is 18.8 Å². The zero-order valence-corrected chi connectivity index (χ0v) is 13.1. The van der Waals surface area contributed by atoms with Crippen molar-refractivity contribution in [3.63, 3.8) is 0 Å². The number of esters is 1. The van der Waals surface area contributed by atoms with Gasteiger partial charge in [-0.1, -0.05) is 5.57 Å². The van der Waals surface area contributed by atoms with Gasteiger partial charge in [-0.2, -0.15) is 0 Å². The van der Waals surface area contributed by atoms with Crippen LogP contribution in [0.25, 0.3) is 0 Å². The fourth-order valence-corrected chi connectivity index (χ4v) is 3.71. The minimum absolute atomic E-state index is 0.137. The molecule has 130 valence electrons. The number of ether oxygens (including phenoxy) is 3. The summed E-state index contributed by atoms with van der Waals surface area (Å²) in [5, 5.41) is 28.8. The predicted molar refractivity (Wildman–Crippen MR) is 78.2 cm³/mol. The minimum atomic E-state index is -1.11. The number of carbonyl (C=O) groups excluding carboxylic acids is 1. The predicted octanol–water partition coefficient (Wildman–Crippen LogP) is -0.128. The molecule has 0 spiro atoms. The molecular weight excluding hydrogens is 304 g/mol. The normalized spacial score (nSPS) is 44.3. The van der Waals surface area contributed by atoms with Gasteiger partial charge in [-0.15, -0.1) is 0 Å². The summed E-state index contributed by atoms with van der Waals surface area (Å²) in [5.41, 5.74) is 1.05. The monoisotopic (exact) mass is 328 g/mol. The summed E-state index contributed by atoms with van der Waals surface area (Å²) in [6.07, 6.45) is 0.0311. The molecule has 7 nitrogen and oxygen atoms in total. The number of fused-ring (bicyclic) bond motifs is 1. The van der Waals surface area contributed by atoms with Gasteiger partial charge in [0.25, 0.3) is 0 Å². The first-order valence-corrected chi connectivity index (χ1v) is 8.14. The summed E-state index contributed by atoms with van der Waals surface area (Å²) < 4.78 is 16.8. The fraction of sp³-hybridized carbons (Fsp3) is 0.812. The molecule has 0 aromatic heterocycles. The lowest BCUT2D eigenvalue weighted by Gasteiger charge is -2.41. The van der Waals surface area contributed by atoms with E-state index in [1.165, 1.54) is 0 Å². The zero-order chi connectivity index (χ0) is 16.6. The third-order valence-electron chi connectivity index (χ3n) is 5.00. The maximum Gasteiger partial charge on any atom is 0.330 e. The Morgan fingerprint density at radius 1 is 1.30 bits per heavy atom. The first-order chi connectivity index (χ1) is 11.0. The Morgan fingerprint density at radius 3 is 2.83 bits per heavy atom. The van der Waals surface area contributed by atoms with E-state index in [0.29, 0.717) is 6.42 Å². The molecule has 2 heterocycles. The molecule has 3 unspecified atom stereocenters. The van der Waals surface area contributed by atoms with Crippen molar-refractivity contribution in [3.8, 4) is 0 Å². The smallest absolute Gasteiger partial charge is 0.330 e. The van der Waals surface area contributed by atoms with Crippen LogP contribution in [0, 0.1) is 5.92 Å². The van der Waals surface area contributed by atoms with Gasteiger partial charge in [0.1, 0.15) is 18.3 Å². The van der Waals surface area contributed by atoms with E-state index in [1.807, 2.05) is 6.92 Å². The largest absolute Gasteiger partial charge is 0.458 e. The van der Waals surface area contributed by atoms with E-state index in [-0.39, 0.29) is 37.1 Å². The number of aliphatic hydroxyl groups excluding tert-OH is 3. The number of rotatable bonds is 3. The lowest BCUT2D eigenvalue weighted by Crippen LogP contribution is -2.51. The molecule has 1 aliphatic carbocycles. The van der Waals surface area contributed by atoms with E-state index < -0.39 is 24.6 Å². The quantitative estimate of drug-likeness (QED) is 0.620. The molecule has 3 rings (SSSR count). The topological polar surface area (TPSA) is 105 Å². The highest BCUT2D eigenvalue weighted by Gasteiger charge is 2.41. The molecule has 23 heavy (non-hydrogen) atoms. The van der Waals surface area contributed by atoms with Gasteiger partial charge in [-0.05, 0) is 19.8 Å². The highest BCUT2D eigenvalue weighted by atomic mass is 16.7. The third kappa shape index (κ3) is 3.59. The second-order valence-electron chi connectivity index (χ2n) is 6.62. The van der Waals surface area contributed by atoms with Crippen LogP contribution in [0.15, 0.2) is 11.6 Å². The molecule has 0 aromatic rings. The maximum absolute atomic E-state index is 11.5. The Balaban J connectivity index is 1.58. The molecule has 7 heteroatoms. The van der Waals surface area contributed by atoms with Crippen LogP contribution >= 0.6 is 0 Å². The van der Waals surface area contributed by atoms with Gasteiger partial charge < -0.3 is 29.5 Å². The minimum Gasteiger partial charge on any atom is -0.458 e. The van der Waals surface area contributed by atoms with Gasteiger partial charge in [-0.25, -0.2) is 4.79 Å². The molecule has 0 bridgehead atoms. The summed E-state index contributed by atoms with van der Waals surface area (Å²) >= 11 is 0. The van der Waals surface area contributed by atoms with E-state index in [9.17, 15) is 20.1 Å². The molecule has 1 saturated heterocycles. The van der Waals surface area contributed by atoms with E-state index in [4.69, 9.17) is 14.2 Å². The van der Waals surface area contributed by atoms with Crippen LogP contribution in [0.4, 0.5) is 0 Å².